The Bertz CT molecular complexity index is 668. The van der Waals surface area contributed by atoms with Gasteiger partial charge in [0.05, 0.1) is 5.56 Å². The number of hydrogen-bond acceptors (Lipinski definition) is 3. The molecule has 1 aromatic heterocycles. The van der Waals surface area contributed by atoms with Gasteiger partial charge in [-0.05, 0) is 47.9 Å². The van der Waals surface area contributed by atoms with Crippen LogP contribution in [0.3, 0.4) is 0 Å². The van der Waals surface area contributed by atoms with E-state index in [1.807, 2.05) is 24.3 Å². The summed E-state index contributed by atoms with van der Waals surface area (Å²) in [6.07, 6.45) is 4.33. The Hall–Kier alpha value is -2.20. The van der Waals surface area contributed by atoms with Gasteiger partial charge in [-0.2, -0.15) is 0 Å². The first-order chi connectivity index (χ1) is 10.2. The van der Waals surface area contributed by atoms with Crippen LogP contribution in [-0.2, 0) is 13.0 Å². The van der Waals surface area contributed by atoms with E-state index in [0.29, 0.717) is 5.56 Å². The zero-order valence-electron chi connectivity index (χ0n) is 12.0. The third-order valence-electron chi connectivity index (χ3n) is 4.08. The van der Waals surface area contributed by atoms with E-state index in [9.17, 15) is 9.90 Å². The molecule has 21 heavy (non-hydrogen) atoms. The van der Waals surface area contributed by atoms with Crippen molar-refractivity contribution < 1.29 is 9.90 Å². The van der Waals surface area contributed by atoms with Gasteiger partial charge in [0.15, 0.2) is 0 Å². The second-order valence-corrected chi connectivity index (χ2v) is 5.33. The summed E-state index contributed by atoms with van der Waals surface area (Å²) in [5, 5.41) is 9.50. The number of pyridine rings is 1. The summed E-state index contributed by atoms with van der Waals surface area (Å²) in [7, 11) is 0. The molecule has 0 unspecified atom stereocenters. The molecular weight excluding hydrogens is 264 g/mol. The lowest BCUT2D eigenvalue weighted by molar-refractivity contribution is 0.0697. The first-order valence-electron chi connectivity index (χ1n) is 7.21. The number of aromatic nitrogens is 1. The number of aromatic carboxylic acids is 1. The highest BCUT2D eigenvalue weighted by molar-refractivity contribution is 5.96. The lowest BCUT2D eigenvalue weighted by atomic mass is 9.91. The van der Waals surface area contributed by atoms with Gasteiger partial charge < -0.3 is 5.11 Å². The molecule has 1 aliphatic rings. The molecule has 2 heterocycles. The zero-order chi connectivity index (χ0) is 14.8. The predicted molar refractivity (Wildman–Crippen MR) is 81.3 cm³/mol. The zero-order valence-corrected chi connectivity index (χ0v) is 12.0. The molecule has 1 N–H and O–H groups in total. The van der Waals surface area contributed by atoms with Gasteiger partial charge in [0.25, 0.3) is 0 Å². The monoisotopic (exact) mass is 282 g/mol. The summed E-state index contributed by atoms with van der Waals surface area (Å²) in [5.74, 6) is -0.880. The highest BCUT2D eigenvalue weighted by Crippen LogP contribution is 2.29. The molecule has 0 atom stereocenters. The van der Waals surface area contributed by atoms with E-state index in [1.54, 1.807) is 12.4 Å². The standard InChI is InChI=1S/C17H18N2O2/c1-2-19-7-5-12-8-16(17(20)21)15(9-14(12)11-19)13-4-3-6-18-10-13/h3-4,6,8-10H,2,5,7,11H2,1H3,(H,20,21). The SMILES string of the molecule is CCN1CCc2cc(C(=O)O)c(-c3cccnc3)cc2C1. The third kappa shape index (κ3) is 2.67. The Kier molecular flexibility index (Phi) is 3.71. The van der Waals surface area contributed by atoms with Crippen LogP contribution in [0.2, 0.25) is 0 Å². The molecule has 0 spiro atoms. The minimum atomic E-state index is -0.880. The number of rotatable bonds is 3. The molecular formula is C17H18N2O2. The van der Waals surface area contributed by atoms with Gasteiger partial charge in [0.2, 0.25) is 0 Å². The number of carboxylic acids is 1. The molecule has 0 saturated carbocycles. The molecule has 1 aliphatic heterocycles. The third-order valence-corrected chi connectivity index (χ3v) is 4.08. The van der Waals surface area contributed by atoms with Crippen molar-refractivity contribution in [3.63, 3.8) is 0 Å². The number of fused-ring (bicyclic) bond motifs is 1. The molecule has 0 saturated heterocycles. The average Bonchev–Trinajstić information content (AvgIpc) is 2.53. The van der Waals surface area contributed by atoms with Crippen LogP contribution in [0, 0.1) is 0 Å². The number of carbonyl (C=O) groups is 1. The van der Waals surface area contributed by atoms with Crippen LogP contribution in [0.15, 0.2) is 36.7 Å². The van der Waals surface area contributed by atoms with Gasteiger partial charge >= 0.3 is 5.97 Å². The molecule has 1 aromatic carbocycles. The van der Waals surface area contributed by atoms with Crippen LogP contribution in [0.1, 0.15) is 28.4 Å². The predicted octanol–water partition coefficient (Wildman–Crippen LogP) is 2.82. The maximum absolute atomic E-state index is 11.6. The molecule has 3 rings (SSSR count). The van der Waals surface area contributed by atoms with Crippen molar-refractivity contribution in [1.29, 1.82) is 0 Å². The van der Waals surface area contributed by atoms with Gasteiger partial charge in [0.1, 0.15) is 0 Å². The Labute approximate surface area is 124 Å². The summed E-state index contributed by atoms with van der Waals surface area (Å²) in [4.78, 5) is 18.0. The van der Waals surface area contributed by atoms with Crippen LogP contribution >= 0.6 is 0 Å². The molecule has 4 nitrogen and oxygen atoms in total. The quantitative estimate of drug-likeness (QED) is 0.940. The number of carboxylic acid groups (broad SMARTS) is 1. The first kappa shape index (κ1) is 13.8. The van der Waals surface area contributed by atoms with E-state index in [-0.39, 0.29) is 0 Å². The average molecular weight is 282 g/mol. The van der Waals surface area contributed by atoms with Crippen molar-refractivity contribution in [2.75, 3.05) is 13.1 Å². The lowest BCUT2D eigenvalue weighted by Crippen LogP contribution is -2.30. The second-order valence-electron chi connectivity index (χ2n) is 5.33. The molecule has 0 fully saturated rings. The van der Waals surface area contributed by atoms with Gasteiger partial charge in [-0.3, -0.25) is 9.88 Å². The Balaban J connectivity index is 2.12. The van der Waals surface area contributed by atoms with Crippen molar-refractivity contribution in [1.82, 2.24) is 9.88 Å². The molecule has 4 heteroatoms. The maximum atomic E-state index is 11.6. The highest BCUT2D eigenvalue weighted by atomic mass is 16.4. The largest absolute Gasteiger partial charge is 0.478 e. The number of benzene rings is 1. The molecule has 0 radical (unpaired) electrons. The maximum Gasteiger partial charge on any atom is 0.336 e. The van der Waals surface area contributed by atoms with Gasteiger partial charge in [-0.15, -0.1) is 0 Å². The minimum absolute atomic E-state index is 0.367. The van der Waals surface area contributed by atoms with Crippen LogP contribution in [0.5, 0.6) is 0 Å². The topological polar surface area (TPSA) is 53.4 Å². The van der Waals surface area contributed by atoms with Crippen LogP contribution in [0.25, 0.3) is 11.1 Å². The summed E-state index contributed by atoms with van der Waals surface area (Å²) in [6, 6.07) is 7.60. The highest BCUT2D eigenvalue weighted by Gasteiger charge is 2.20. The van der Waals surface area contributed by atoms with Crippen molar-refractivity contribution in [2.45, 2.75) is 19.9 Å². The van der Waals surface area contributed by atoms with Crippen molar-refractivity contribution in [3.05, 3.63) is 53.3 Å². The summed E-state index contributed by atoms with van der Waals surface area (Å²) in [6.45, 7) is 5.05. The van der Waals surface area contributed by atoms with E-state index in [1.165, 1.54) is 5.56 Å². The van der Waals surface area contributed by atoms with Crippen molar-refractivity contribution in [2.24, 2.45) is 0 Å². The van der Waals surface area contributed by atoms with E-state index in [2.05, 4.69) is 16.8 Å². The van der Waals surface area contributed by atoms with Gasteiger partial charge in [-0.25, -0.2) is 4.79 Å². The summed E-state index contributed by atoms with van der Waals surface area (Å²) >= 11 is 0. The minimum Gasteiger partial charge on any atom is -0.478 e. The van der Waals surface area contributed by atoms with E-state index in [0.717, 1.165) is 42.7 Å². The van der Waals surface area contributed by atoms with Crippen LogP contribution < -0.4 is 0 Å². The molecule has 0 aliphatic carbocycles. The molecule has 0 amide bonds. The van der Waals surface area contributed by atoms with E-state index in [4.69, 9.17) is 0 Å². The van der Waals surface area contributed by atoms with Gasteiger partial charge in [-0.1, -0.05) is 13.0 Å². The summed E-state index contributed by atoms with van der Waals surface area (Å²) in [5.41, 5.74) is 4.36. The number of nitrogens with zero attached hydrogens (tertiary/aromatic N) is 2. The first-order valence-corrected chi connectivity index (χ1v) is 7.21. The van der Waals surface area contributed by atoms with Gasteiger partial charge in [0, 0.05) is 31.0 Å². The Morgan fingerprint density at radius 3 is 2.90 bits per heavy atom. The normalized spacial score (nSPS) is 14.7. The van der Waals surface area contributed by atoms with Crippen molar-refractivity contribution >= 4 is 5.97 Å². The Morgan fingerprint density at radius 1 is 1.38 bits per heavy atom. The van der Waals surface area contributed by atoms with Crippen molar-refractivity contribution in [3.8, 4) is 11.1 Å². The fraction of sp³-hybridized carbons (Fsp3) is 0.294. The van der Waals surface area contributed by atoms with E-state index >= 15 is 0 Å². The van der Waals surface area contributed by atoms with Crippen LogP contribution in [0.4, 0.5) is 0 Å². The van der Waals surface area contributed by atoms with E-state index < -0.39 is 5.97 Å². The second kappa shape index (κ2) is 5.66. The van der Waals surface area contributed by atoms with Crippen LogP contribution in [-0.4, -0.2) is 34.0 Å². The number of hydrogen-bond donors (Lipinski definition) is 1. The lowest BCUT2D eigenvalue weighted by Gasteiger charge is -2.28. The smallest absolute Gasteiger partial charge is 0.336 e. The fourth-order valence-corrected chi connectivity index (χ4v) is 2.88. The number of likely N-dealkylation sites (N-methyl/N-ethyl adjacent to an activating group) is 1. The molecule has 2 aromatic rings. The summed E-state index contributed by atoms with van der Waals surface area (Å²) < 4.78 is 0. The molecule has 108 valence electrons. The Morgan fingerprint density at radius 2 is 2.24 bits per heavy atom. The molecule has 0 bridgehead atoms. The fourth-order valence-electron chi connectivity index (χ4n) is 2.88.